The first-order valence-electron chi connectivity index (χ1n) is 9.81. The van der Waals surface area contributed by atoms with Gasteiger partial charge in [0.15, 0.2) is 0 Å². The Morgan fingerprint density at radius 1 is 0.931 bits per heavy atom. The summed E-state index contributed by atoms with van der Waals surface area (Å²) in [5.74, 6) is -0.172. The highest BCUT2D eigenvalue weighted by Crippen LogP contribution is 2.28. The van der Waals surface area contributed by atoms with E-state index in [0.29, 0.717) is 18.8 Å². The van der Waals surface area contributed by atoms with Crippen LogP contribution in [0.15, 0.2) is 47.4 Å². The molecule has 1 amide bonds. The van der Waals surface area contributed by atoms with Crippen LogP contribution in [0.25, 0.3) is 0 Å². The van der Waals surface area contributed by atoms with Gasteiger partial charge >= 0.3 is 0 Å². The largest absolute Gasteiger partial charge is 0.339 e. The van der Waals surface area contributed by atoms with E-state index >= 15 is 0 Å². The van der Waals surface area contributed by atoms with Crippen molar-refractivity contribution in [3.8, 4) is 0 Å². The first-order chi connectivity index (χ1) is 13.7. The Hall–Kier alpha value is -2.38. The highest BCUT2D eigenvalue weighted by molar-refractivity contribution is 7.92. The van der Waals surface area contributed by atoms with Gasteiger partial charge < -0.3 is 9.80 Å². The summed E-state index contributed by atoms with van der Waals surface area (Å²) in [5.41, 5.74) is 3.39. The summed E-state index contributed by atoms with van der Waals surface area (Å²) < 4.78 is 28.3. The standard InChI is InChI=1S/C22H29N3O3S/c1-17-5-8-20(9-6-17)29(27,28)25(21-10-7-18(2)15-19(21)3)16-22(26)24-13-11-23(4)12-14-24/h5-10,15H,11-14,16H2,1-4H3. The van der Waals surface area contributed by atoms with Gasteiger partial charge in [-0.05, 0) is 51.6 Å². The molecule has 1 fully saturated rings. The zero-order chi connectivity index (χ0) is 21.2. The lowest BCUT2D eigenvalue weighted by Crippen LogP contribution is -2.51. The third kappa shape index (κ3) is 4.79. The first kappa shape index (κ1) is 21.3. The van der Waals surface area contributed by atoms with Crippen molar-refractivity contribution >= 4 is 21.6 Å². The van der Waals surface area contributed by atoms with Gasteiger partial charge in [-0.25, -0.2) is 8.42 Å². The second kappa shape index (κ2) is 8.55. The van der Waals surface area contributed by atoms with Crippen LogP contribution in [-0.4, -0.2) is 63.9 Å². The van der Waals surface area contributed by atoms with Gasteiger partial charge in [-0.3, -0.25) is 9.10 Å². The average molecular weight is 416 g/mol. The number of hydrogen-bond acceptors (Lipinski definition) is 4. The van der Waals surface area contributed by atoms with Crippen LogP contribution in [0.4, 0.5) is 5.69 Å². The lowest BCUT2D eigenvalue weighted by atomic mass is 10.1. The third-order valence-electron chi connectivity index (χ3n) is 5.36. The smallest absolute Gasteiger partial charge is 0.264 e. The number of anilines is 1. The number of carbonyl (C=O) groups excluding carboxylic acids is 1. The molecule has 0 spiro atoms. The molecule has 0 N–H and O–H groups in total. The first-order valence-corrected chi connectivity index (χ1v) is 11.3. The number of likely N-dealkylation sites (N-methyl/N-ethyl adjacent to an activating group) is 1. The molecule has 3 rings (SSSR count). The Morgan fingerprint density at radius 2 is 1.52 bits per heavy atom. The van der Waals surface area contributed by atoms with Crippen LogP contribution in [0.2, 0.25) is 0 Å². The molecule has 156 valence electrons. The summed E-state index contributed by atoms with van der Waals surface area (Å²) in [5, 5.41) is 0. The number of piperazine rings is 1. The van der Waals surface area contributed by atoms with Crippen LogP contribution in [0.5, 0.6) is 0 Å². The summed E-state index contributed by atoms with van der Waals surface area (Å²) in [6, 6.07) is 12.3. The summed E-state index contributed by atoms with van der Waals surface area (Å²) in [6.45, 7) is 8.35. The van der Waals surface area contributed by atoms with Crippen molar-refractivity contribution < 1.29 is 13.2 Å². The number of amides is 1. The van der Waals surface area contributed by atoms with E-state index in [-0.39, 0.29) is 17.3 Å². The van der Waals surface area contributed by atoms with Gasteiger partial charge in [-0.15, -0.1) is 0 Å². The quantitative estimate of drug-likeness (QED) is 0.753. The molecule has 1 aliphatic rings. The van der Waals surface area contributed by atoms with Crippen LogP contribution in [0.1, 0.15) is 16.7 Å². The second-order valence-electron chi connectivity index (χ2n) is 7.80. The van der Waals surface area contributed by atoms with Crippen LogP contribution < -0.4 is 4.31 Å². The Bertz CT molecular complexity index is 979. The number of rotatable bonds is 5. The summed E-state index contributed by atoms with van der Waals surface area (Å²) in [6.07, 6.45) is 0. The molecule has 6 nitrogen and oxygen atoms in total. The van der Waals surface area contributed by atoms with E-state index in [2.05, 4.69) is 4.90 Å². The Morgan fingerprint density at radius 3 is 2.10 bits per heavy atom. The molecule has 0 unspecified atom stereocenters. The van der Waals surface area contributed by atoms with Crippen LogP contribution in [-0.2, 0) is 14.8 Å². The molecule has 0 aliphatic carbocycles. The van der Waals surface area contributed by atoms with Gasteiger partial charge in [0.2, 0.25) is 5.91 Å². The van der Waals surface area contributed by atoms with Crippen LogP contribution in [0, 0.1) is 20.8 Å². The van der Waals surface area contributed by atoms with Crippen molar-refractivity contribution in [3.05, 3.63) is 59.2 Å². The van der Waals surface area contributed by atoms with Crippen molar-refractivity contribution in [2.45, 2.75) is 25.7 Å². The van der Waals surface area contributed by atoms with Crippen LogP contribution in [0.3, 0.4) is 0 Å². The minimum absolute atomic E-state index is 0.172. The van der Waals surface area contributed by atoms with Crippen molar-refractivity contribution in [2.75, 3.05) is 44.1 Å². The molecule has 0 bridgehead atoms. The molecule has 0 saturated carbocycles. The van der Waals surface area contributed by atoms with E-state index in [0.717, 1.165) is 29.8 Å². The number of carbonyl (C=O) groups is 1. The molecule has 7 heteroatoms. The topological polar surface area (TPSA) is 60.9 Å². The lowest BCUT2D eigenvalue weighted by Gasteiger charge is -2.34. The van der Waals surface area contributed by atoms with Crippen molar-refractivity contribution in [2.24, 2.45) is 0 Å². The fraction of sp³-hybridized carbons (Fsp3) is 0.409. The highest BCUT2D eigenvalue weighted by atomic mass is 32.2. The Kier molecular flexibility index (Phi) is 6.29. The Labute approximate surface area is 173 Å². The SMILES string of the molecule is Cc1ccc(S(=O)(=O)N(CC(=O)N2CCN(C)CC2)c2ccc(C)cc2C)cc1. The molecule has 0 aromatic heterocycles. The average Bonchev–Trinajstić information content (AvgIpc) is 2.67. The molecule has 1 saturated heterocycles. The van der Waals surface area contributed by atoms with Gasteiger partial charge in [-0.2, -0.15) is 0 Å². The third-order valence-corrected chi connectivity index (χ3v) is 7.14. The zero-order valence-corrected chi connectivity index (χ0v) is 18.4. The summed E-state index contributed by atoms with van der Waals surface area (Å²) in [7, 11) is -1.86. The number of aryl methyl sites for hydroxylation is 3. The Balaban J connectivity index is 1.97. The minimum atomic E-state index is -3.88. The van der Waals surface area contributed by atoms with Crippen molar-refractivity contribution in [3.63, 3.8) is 0 Å². The zero-order valence-electron chi connectivity index (χ0n) is 17.6. The monoisotopic (exact) mass is 415 g/mol. The summed E-state index contributed by atoms with van der Waals surface area (Å²) in [4.78, 5) is 17.1. The fourth-order valence-corrected chi connectivity index (χ4v) is 4.98. The maximum atomic E-state index is 13.5. The predicted octanol–water partition coefficient (Wildman–Crippen LogP) is 2.58. The molecular formula is C22H29N3O3S. The van der Waals surface area contributed by atoms with Gasteiger partial charge in [0.1, 0.15) is 6.54 Å². The van der Waals surface area contributed by atoms with E-state index in [1.54, 1.807) is 35.2 Å². The van der Waals surface area contributed by atoms with E-state index in [1.807, 2.05) is 40.0 Å². The number of hydrogen-bond donors (Lipinski definition) is 0. The molecule has 0 atom stereocenters. The number of sulfonamides is 1. The molecule has 2 aromatic carbocycles. The van der Waals surface area contributed by atoms with E-state index in [9.17, 15) is 13.2 Å². The molecular weight excluding hydrogens is 386 g/mol. The van der Waals surface area contributed by atoms with Crippen LogP contribution >= 0.6 is 0 Å². The van der Waals surface area contributed by atoms with Crippen molar-refractivity contribution in [1.82, 2.24) is 9.80 Å². The van der Waals surface area contributed by atoms with Gasteiger partial charge in [0.25, 0.3) is 10.0 Å². The van der Waals surface area contributed by atoms with E-state index in [1.165, 1.54) is 4.31 Å². The maximum absolute atomic E-state index is 13.5. The van der Waals surface area contributed by atoms with Gasteiger partial charge in [0.05, 0.1) is 10.6 Å². The number of nitrogens with zero attached hydrogens (tertiary/aromatic N) is 3. The van der Waals surface area contributed by atoms with Crippen molar-refractivity contribution in [1.29, 1.82) is 0 Å². The maximum Gasteiger partial charge on any atom is 0.264 e. The highest BCUT2D eigenvalue weighted by Gasteiger charge is 2.30. The molecule has 29 heavy (non-hydrogen) atoms. The predicted molar refractivity (Wildman–Crippen MR) is 116 cm³/mol. The van der Waals surface area contributed by atoms with E-state index in [4.69, 9.17) is 0 Å². The van der Waals surface area contributed by atoms with Gasteiger partial charge in [-0.1, -0.05) is 35.4 Å². The molecule has 0 radical (unpaired) electrons. The summed E-state index contributed by atoms with van der Waals surface area (Å²) >= 11 is 0. The second-order valence-corrected chi connectivity index (χ2v) is 9.66. The molecule has 1 aliphatic heterocycles. The lowest BCUT2D eigenvalue weighted by molar-refractivity contribution is -0.131. The normalized spacial score (nSPS) is 15.4. The molecule has 2 aromatic rings. The molecule has 1 heterocycles. The number of benzene rings is 2. The van der Waals surface area contributed by atoms with E-state index < -0.39 is 10.0 Å². The van der Waals surface area contributed by atoms with Gasteiger partial charge in [0, 0.05) is 26.2 Å². The minimum Gasteiger partial charge on any atom is -0.339 e. The fourth-order valence-electron chi connectivity index (χ4n) is 3.50.